The van der Waals surface area contributed by atoms with E-state index in [1.807, 2.05) is 0 Å². The summed E-state index contributed by atoms with van der Waals surface area (Å²) >= 11 is 0. The first-order valence-corrected chi connectivity index (χ1v) is 3.54. The predicted molar refractivity (Wildman–Crippen MR) is 37.8 cm³/mol. The smallest absolute Gasteiger partial charge is 0.383 e. The molecule has 1 N–H and O–H groups in total. The molecular formula is C7H8O6. The lowest BCUT2D eigenvalue weighted by Gasteiger charge is -2.15. The molecule has 1 aliphatic heterocycles. The number of Topliss-reactive ketones (excluding diaryl/α,β-unsaturated/α-hetero) is 2. The summed E-state index contributed by atoms with van der Waals surface area (Å²) in [4.78, 5) is 32.3. The van der Waals surface area contributed by atoms with Gasteiger partial charge in [0.2, 0.25) is 0 Å². The highest BCUT2D eigenvalue weighted by Crippen LogP contribution is 2.12. The molecule has 1 rings (SSSR count). The lowest BCUT2D eigenvalue weighted by Crippen LogP contribution is -2.37. The van der Waals surface area contributed by atoms with Crippen LogP contribution in [-0.2, 0) is 23.9 Å². The second-order valence-electron chi connectivity index (χ2n) is 2.48. The molecule has 0 aromatic rings. The van der Waals surface area contributed by atoms with Crippen molar-refractivity contribution in [3.63, 3.8) is 0 Å². The monoisotopic (exact) mass is 188 g/mol. The van der Waals surface area contributed by atoms with Crippen LogP contribution in [0, 0.1) is 0 Å². The number of ketones is 2. The van der Waals surface area contributed by atoms with Gasteiger partial charge in [0.05, 0.1) is 6.61 Å². The van der Waals surface area contributed by atoms with Gasteiger partial charge in [-0.2, -0.15) is 0 Å². The minimum atomic E-state index is -1.30. The van der Waals surface area contributed by atoms with Crippen LogP contribution in [0.25, 0.3) is 0 Å². The molecule has 0 amide bonds. The maximum absolute atomic E-state index is 11.0. The van der Waals surface area contributed by atoms with E-state index in [1.54, 1.807) is 0 Å². The largest absolute Gasteiger partial charge is 0.445 e. The van der Waals surface area contributed by atoms with Gasteiger partial charge in [-0.1, -0.05) is 0 Å². The SMILES string of the molecule is COC(CO)C1OC(=O)C(=O)C1=O. The molecule has 0 aliphatic carbocycles. The third kappa shape index (κ3) is 1.58. The van der Waals surface area contributed by atoms with E-state index in [1.165, 1.54) is 7.11 Å². The fraction of sp³-hybridized carbons (Fsp3) is 0.571. The highest BCUT2D eigenvalue weighted by atomic mass is 16.6. The summed E-state index contributed by atoms with van der Waals surface area (Å²) < 4.78 is 9.06. The maximum Gasteiger partial charge on any atom is 0.383 e. The average molecular weight is 188 g/mol. The lowest BCUT2D eigenvalue weighted by atomic mass is 10.1. The minimum absolute atomic E-state index is 0.493. The average Bonchev–Trinajstić information content (AvgIpc) is 2.36. The summed E-state index contributed by atoms with van der Waals surface area (Å²) in [6, 6.07) is 0. The van der Waals surface area contributed by atoms with Crippen LogP contribution in [0.15, 0.2) is 0 Å². The van der Waals surface area contributed by atoms with Crippen molar-refractivity contribution in [1.82, 2.24) is 0 Å². The Hall–Kier alpha value is -1.27. The molecule has 6 nitrogen and oxygen atoms in total. The summed E-state index contributed by atoms with van der Waals surface area (Å²) in [5.74, 6) is -3.35. The third-order valence-corrected chi connectivity index (χ3v) is 1.72. The van der Waals surface area contributed by atoms with Crippen molar-refractivity contribution >= 4 is 17.5 Å². The van der Waals surface area contributed by atoms with Gasteiger partial charge in [0.1, 0.15) is 6.10 Å². The summed E-state index contributed by atoms with van der Waals surface area (Å²) in [6.45, 7) is -0.493. The lowest BCUT2D eigenvalue weighted by molar-refractivity contribution is -0.153. The summed E-state index contributed by atoms with van der Waals surface area (Å²) in [7, 11) is 1.24. The number of ether oxygens (including phenoxy) is 2. The first-order valence-electron chi connectivity index (χ1n) is 3.54. The quantitative estimate of drug-likeness (QED) is 0.409. The van der Waals surface area contributed by atoms with E-state index < -0.39 is 36.4 Å². The van der Waals surface area contributed by atoms with Crippen LogP contribution in [0.2, 0.25) is 0 Å². The van der Waals surface area contributed by atoms with Crippen molar-refractivity contribution < 1.29 is 29.0 Å². The molecule has 2 atom stereocenters. The van der Waals surface area contributed by atoms with Crippen LogP contribution in [0.1, 0.15) is 0 Å². The third-order valence-electron chi connectivity index (χ3n) is 1.72. The molecule has 0 aromatic heterocycles. The van der Waals surface area contributed by atoms with E-state index in [9.17, 15) is 14.4 Å². The molecule has 1 fully saturated rings. The van der Waals surface area contributed by atoms with Crippen LogP contribution in [0.3, 0.4) is 0 Å². The van der Waals surface area contributed by atoms with E-state index in [-0.39, 0.29) is 0 Å². The molecule has 0 saturated carbocycles. The Morgan fingerprint density at radius 2 is 2.15 bits per heavy atom. The molecule has 13 heavy (non-hydrogen) atoms. The van der Waals surface area contributed by atoms with Crippen molar-refractivity contribution in [1.29, 1.82) is 0 Å². The van der Waals surface area contributed by atoms with E-state index in [0.29, 0.717) is 0 Å². The normalized spacial score (nSPS) is 24.8. The molecule has 0 aromatic carbocycles. The molecule has 0 bridgehead atoms. The zero-order valence-corrected chi connectivity index (χ0v) is 6.85. The number of aliphatic hydroxyl groups is 1. The molecule has 6 heteroatoms. The molecule has 72 valence electrons. The number of esters is 1. The number of carbonyl (C=O) groups is 3. The van der Waals surface area contributed by atoms with Gasteiger partial charge < -0.3 is 14.6 Å². The Labute approximate surface area is 73.4 Å². The van der Waals surface area contributed by atoms with Gasteiger partial charge in [0, 0.05) is 7.11 Å². The number of hydrogen-bond donors (Lipinski definition) is 1. The van der Waals surface area contributed by atoms with Crippen molar-refractivity contribution in [2.45, 2.75) is 12.2 Å². The van der Waals surface area contributed by atoms with Crippen LogP contribution >= 0.6 is 0 Å². The Kier molecular flexibility index (Phi) is 2.74. The van der Waals surface area contributed by atoms with Crippen molar-refractivity contribution in [2.75, 3.05) is 13.7 Å². The van der Waals surface area contributed by atoms with E-state index in [4.69, 9.17) is 5.11 Å². The number of aliphatic hydroxyl groups excluding tert-OH is 1. The van der Waals surface area contributed by atoms with E-state index in [2.05, 4.69) is 9.47 Å². The van der Waals surface area contributed by atoms with Crippen molar-refractivity contribution in [3.05, 3.63) is 0 Å². The molecule has 2 unspecified atom stereocenters. The summed E-state index contributed by atoms with van der Waals surface area (Å²) in [5.41, 5.74) is 0. The Balaban J connectivity index is 2.78. The Morgan fingerprint density at radius 1 is 1.54 bits per heavy atom. The van der Waals surface area contributed by atoms with Gasteiger partial charge in [-0.15, -0.1) is 0 Å². The zero-order valence-electron chi connectivity index (χ0n) is 6.85. The molecule has 0 spiro atoms. The number of methoxy groups -OCH3 is 1. The van der Waals surface area contributed by atoms with Crippen LogP contribution < -0.4 is 0 Å². The van der Waals surface area contributed by atoms with Crippen LogP contribution in [0.4, 0.5) is 0 Å². The molecule has 1 heterocycles. The standard InChI is InChI=1S/C7H8O6/c1-12-3(2-8)6-4(9)5(10)7(11)13-6/h3,6,8H,2H2,1H3. The number of hydrogen-bond acceptors (Lipinski definition) is 6. The topological polar surface area (TPSA) is 89.9 Å². The number of cyclic esters (lactones) is 1. The Morgan fingerprint density at radius 3 is 2.46 bits per heavy atom. The van der Waals surface area contributed by atoms with Gasteiger partial charge >= 0.3 is 11.8 Å². The first-order chi connectivity index (χ1) is 6.11. The number of carbonyl (C=O) groups excluding carboxylic acids is 3. The molecule has 1 saturated heterocycles. The number of rotatable bonds is 3. The van der Waals surface area contributed by atoms with Gasteiger partial charge in [-0.05, 0) is 0 Å². The van der Waals surface area contributed by atoms with E-state index in [0.717, 1.165) is 0 Å². The second-order valence-corrected chi connectivity index (χ2v) is 2.48. The van der Waals surface area contributed by atoms with Crippen molar-refractivity contribution in [2.24, 2.45) is 0 Å². The predicted octanol–water partition coefficient (Wildman–Crippen LogP) is -1.94. The van der Waals surface area contributed by atoms with E-state index >= 15 is 0 Å². The van der Waals surface area contributed by atoms with Gasteiger partial charge in [-0.25, -0.2) is 4.79 Å². The fourth-order valence-corrected chi connectivity index (χ4v) is 0.991. The highest BCUT2D eigenvalue weighted by Gasteiger charge is 2.46. The zero-order chi connectivity index (χ0) is 10.0. The fourth-order valence-electron chi connectivity index (χ4n) is 0.991. The second kappa shape index (κ2) is 3.63. The van der Waals surface area contributed by atoms with Crippen molar-refractivity contribution in [3.8, 4) is 0 Å². The van der Waals surface area contributed by atoms with Gasteiger partial charge in [0.25, 0.3) is 5.78 Å². The van der Waals surface area contributed by atoms with Gasteiger partial charge in [-0.3, -0.25) is 9.59 Å². The summed E-state index contributed by atoms with van der Waals surface area (Å²) in [5, 5.41) is 8.70. The molecule has 0 radical (unpaired) electrons. The first kappa shape index (κ1) is 9.82. The summed E-state index contributed by atoms with van der Waals surface area (Å²) in [6.07, 6.45) is -2.27. The maximum atomic E-state index is 11.0. The van der Waals surface area contributed by atoms with Crippen LogP contribution in [-0.4, -0.2) is 48.6 Å². The highest BCUT2D eigenvalue weighted by molar-refractivity contribution is 6.65. The molecular weight excluding hydrogens is 180 g/mol. The Bertz CT molecular complexity index is 254. The molecule has 1 aliphatic rings. The van der Waals surface area contributed by atoms with Crippen LogP contribution in [0.5, 0.6) is 0 Å². The minimum Gasteiger partial charge on any atom is -0.445 e. The van der Waals surface area contributed by atoms with Gasteiger partial charge in [0.15, 0.2) is 6.10 Å².